The molecule has 0 amide bonds. The van der Waals surface area contributed by atoms with Crippen molar-refractivity contribution >= 4 is 16.6 Å². The summed E-state index contributed by atoms with van der Waals surface area (Å²) in [5.41, 5.74) is 1.63. The number of aromatic nitrogens is 1. The van der Waals surface area contributed by atoms with Crippen LogP contribution in [0.5, 0.6) is 0 Å². The predicted molar refractivity (Wildman–Crippen MR) is 57.8 cm³/mol. The maximum Gasteiger partial charge on any atom is 0.295 e. The molecule has 15 heavy (non-hydrogen) atoms. The molecule has 1 aromatic carbocycles. The lowest BCUT2D eigenvalue weighted by atomic mass is 10.1. The summed E-state index contributed by atoms with van der Waals surface area (Å²) in [7, 11) is 0. The molecule has 0 atom stereocenters. The number of pyridine rings is 1. The molecule has 2 rings (SSSR count). The molecule has 0 aliphatic rings. The van der Waals surface area contributed by atoms with E-state index in [4.69, 9.17) is 0 Å². The smallest absolute Gasteiger partial charge is 0.258 e. The first-order chi connectivity index (χ1) is 7.24. The Labute approximate surface area is 86.7 Å². The Morgan fingerprint density at radius 2 is 2.20 bits per heavy atom. The third-order valence-electron chi connectivity index (χ3n) is 2.42. The van der Waals surface area contributed by atoms with Gasteiger partial charge in [-0.25, -0.2) is 4.98 Å². The monoisotopic (exact) mass is 202 g/mol. The number of non-ortho nitro benzene ring substituents is 1. The van der Waals surface area contributed by atoms with E-state index in [9.17, 15) is 10.1 Å². The number of fused-ring (bicyclic) bond motifs is 1. The topological polar surface area (TPSA) is 56.0 Å². The van der Waals surface area contributed by atoms with E-state index in [2.05, 4.69) is 4.98 Å². The van der Waals surface area contributed by atoms with Gasteiger partial charge in [-0.1, -0.05) is 19.1 Å². The molecule has 0 saturated heterocycles. The van der Waals surface area contributed by atoms with Crippen LogP contribution in [0.4, 0.5) is 5.69 Å². The maximum absolute atomic E-state index is 10.8. The summed E-state index contributed by atoms with van der Waals surface area (Å²) in [5.74, 6) is 0. The largest absolute Gasteiger partial charge is 0.295 e. The first-order valence-electron chi connectivity index (χ1n) is 4.75. The van der Waals surface area contributed by atoms with Crippen LogP contribution in [0.15, 0.2) is 30.5 Å². The molecule has 0 saturated carbocycles. The van der Waals surface area contributed by atoms with Crippen molar-refractivity contribution in [1.29, 1.82) is 0 Å². The number of hydrogen-bond donors (Lipinski definition) is 0. The number of nitrogens with zero attached hydrogens (tertiary/aromatic N) is 2. The number of benzene rings is 1. The second-order valence-electron chi connectivity index (χ2n) is 3.25. The molecule has 76 valence electrons. The lowest BCUT2D eigenvalue weighted by Gasteiger charge is -2.03. The van der Waals surface area contributed by atoms with Crippen molar-refractivity contribution in [3.8, 4) is 0 Å². The van der Waals surface area contributed by atoms with E-state index in [0.29, 0.717) is 5.52 Å². The highest BCUT2D eigenvalue weighted by molar-refractivity contribution is 5.89. The van der Waals surface area contributed by atoms with Crippen LogP contribution < -0.4 is 0 Å². The number of aryl methyl sites for hydroxylation is 1. The highest BCUT2D eigenvalue weighted by atomic mass is 16.6. The van der Waals surface area contributed by atoms with Crippen molar-refractivity contribution in [2.45, 2.75) is 13.3 Å². The van der Waals surface area contributed by atoms with Crippen LogP contribution in [0.25, 0.3) is 10.9 Å². The van der Waals surface area contributed by atoms with Gasteiger partial charge >= 0.3 is 0 Å². The third-order valence-corrected chi connectivity index (χ3v) is 2.42. The predicted octanol–water partition coefficient (Wildman–Crippen LogP) is 2.71. The molecule has 0 fully saturated rings. The van der Waals surface area contributed by atoms with E-state index in [1.807, 2.05) is 13.0 Å². The standard InChI is InChI=1S/C11H10N2O2/c1-2-8-5-6-10(13(14)15)11-9(8)4-3-7-12-11/h3-7H,2H2,1H3. The maximum atomic E-state index is 10.8. The van der Waals surface area contributed by atoms with Crippen LogP contribution in [0.2, 0.25) is 0 Å². The van der Waals surface area contributed by atoms with Crippen LogP contribution in [0.1, 0.15) is 12.5 Å². The molecule has 0 aliphatic heterocycles. The van der Waals surface area contributed by atoms with Gasteiger partial charge in [0, 0.05) is 17.6 Å². The summed E-state index contributed by atoms with van der Waals surface area (Å²) in [5, 5.41) is 11.6. The summed E-state index contributed by atoms with van der Waals surface area (Å²) in [6, 6.07) is 6.98. The van der Waals surface area contributed by atoms with Crippen molar-refractivity contribution in [3.63, 3.8) is 0 Å². The van der Waals surface area contributed by atoms with Gasteiger partial charge in [0.25, 0.3) is 5.69 Å². The molecule has 0 aliphatic carbocycles. The summed E-state index contributed by atoms with van der Waals surface area (Å²) in [6.07, 6.45) is 2.43. The lowest BCUT2D eigenvalue weighted by molar-refractivity contribution is -0.383. The van der Waals surface area contributed by atoms with E-state index in [1.54, 1.807) is 18.3 Å². The zero-order valence-corrected chi connectivity index (χ0v) is 8.30. The van der Waals surface area contributed by atoms with Crippen molar-refractivity contribution in [3.05, 3.63) is 46.1 Å². The minimum Gasteiger partial charge on any atom is -0.258 e. The molecule has 0 spiro atoms. The zero-order chi connectivity index (χ0) is 10.8. The highest BCUT2D eigenvalue weighted by Gasteiger charge is 2.13. The molecule has 0 unspecified atom stereocenters. The fourth-order valence-corrected chi connectivity index (χ4v) is 1.67. The first-order valence-corrected chi connectivity index (χ1v) is 4.75. The molecule has 1 heterocycles. The molecule has 4 heteroatoms. The number of nitro benzene ring substituents is 1. The number of hydrogen-bond acceptors (Lipinski definition) is 3. The van der Waals surface area contributed by atoms with Gasteiger partial charge in [0.2, 0.25) is 0 Å². The summed E-state index contributed by atoms with van der Waals surface area (Å²) < 4.78 is 0. The molecule has 2 aromatic rings. The fourth-order valence-electron chi connectivity index (χ4n) is 1.67. The van der Waals surface area contributed by atoms with E-state index in [0.717, 1.165) is 17.4 Å². The van der Waals surface area contributed by atoms with Gasteiger partial charge in [-0.05, 0) is 18.1 Å². The fraction of sp³-hybridized carbons (Fsp3) is 0.182. The van der Waals surface area contributed by atoms with Gasteiger partial charge in [0.15, 0.2) is 0 Å². The van der Waals surface area contributed by atoms with Crippen LogP contribution >= 0.6 is 0 Å². The molecule has 1 aromatic heterocycles. The Kier molecular flexibility index (Phi) is 2.33. The van der Waals surface area contributed by atoms with Crippen LogP contribution in [-0.2, 0) is 6.42 Å². The molecule has 0 radical (unpaired) electrons. The van der Waals surface area contributed by atoms with Crippen molar-refractivity contribution in [2.75, 3.05) is 0 Å². The van der Waals surface area contributed by atoms with E-state index in [1.165, 1.54) is 6.07 Å². The first kappa shape index (κ1) is 9.58. The van der Waals surface area contributed by atoms with Crippen molar-refractivity contribution in [2.24, 2.45) is 0 Å². The summed E-state index contributed by atoms with van der Waals surface area (Å²) in [6.45, 7) is 2.02. The second kappa shape index (κ2) is 3.65. The van der Waals surface area contributed by atoms with Crippen molar-refractivity contribution in [1.82, 2.24) is 4.98 Å². The molecular weight excluding hydrogens is 192 g/mol. The average molecular weight is 202 g/mol. The third kappa shape index (κ3) is 1.54. The van der Waals surface area contributed by atoms with Crippen LogP contribution in [0.3, 0.4) is 0 Å². The minimum absolute atomic E-state index is 0.0720. The number of rotatable bonds is 2. The molecule has 0 N–H and O–H groups in total. The highest BCUT2D eigenvalue weighted by Crippen LogP contribution is 2.26. The second-order valence-corrected chi connectivity index (χ2v) is 3.25. The summed E-state index contributed by atoms with van der Waals surface area (Å²) >= 11 is 0. The van der Waals surface area contributed by atoms with E-state index in [-0.39, 0.29) is 5.69 Å². The Balaban J connectivity index is 2.83. The van der Waals surface area contributed by atoms with Gasteiger partial charge < -0.3 is 0 Å². The van der Waals surface area contributed by atoms with Gasteiger partial charge in [-0.15, -0.1) is 0 Å². The van der Waals surface area contributed by atoms with Crippen LogP contribution in [0, 0.1) is 10.1 Å². The Morgan fingerprint density at radius 1 is 1.40 bits per heavy atom. The Bertz CT molecular complexity index is 523. The van der Waals surface area contributed by atoms with Crippen LogP contribution in [-0.4, -0.2) is 9.91 Å². The molecule has 4 nitrogen and oxygen atoms in total. The van der Waals surface area contributed by atoms with Crippen molar-refractivity contribution < 1.29 is 4.92 Å². The Morgan fingerprint density at radius 3 is 2.87 bits per heavy atom. The van der Waals surface area contributed by atoms with Gasteiger partial charge in [-0.3, -0.25) is 10.1 Å². The Hall–Kier alpha value is -1.97. The molecule has 0 bridgehead atoms. The number of nitro groups is 1. The molecular formula is C11H10N2O2. The van der Waals surface area contributed by atoms with Gasteiger partial charge in [0.05, 0.1) is 4.92 Å². The van der Waals surface area contributed by atoms with E-state index < -0.39 is 4.92 Å². The van der Waals surface area contributed by atoms with E-state index >= 15 is 0 Å². The lowest BCUT2D eigenvalue weighted by Crippen LogP contribution is -1.93. The van der Waals surface area contributed by atoms with Gasteiger partial charge in [-0.2, -0.15) is 0 Å². The average Bonchev–Trinajstić information content (AvgIpc) is 2.27. The minimum atomic E-state index is -0.394. The van der Waals surface area contributed by atoms with Gasteiger partial charge in [0.1, 0.15) is 5.52 Å². The zero-order valence-electron chi connectivity index (χ0n) is 8.30. The SMILES string of the molecule is CCc1ccc([N+](=O)[O-])c2ncccc12. The normalized spacial score (nSPS) is 10.5. The summed E-state index contributed by atoms with van der Waals surface area (Å²) in [4.78, 5) is 14.5. The quantitative estimate of drug-likeness (QED) is 0.555.